The van der Waals surface area contributed by atoms with Crippen molar-refractivity contribution in [3.63, 3.8) is 0 Å². The Balaban J connectivity index is 2.17. The fourth-order valence-corrected chi connectivity index (χ4v) is 1.68. The number of rotatable bonds is 2. The van der Waals surface area contributed by atoms with Crippen LogP contribution in [0.1, 0.15) is 12.5 Å². The second-order valence-corrected chi connectivity index (χ2v) is 4.43. The molecular formula is C11H11BrN2O3. The highest BCUT2D eigenvalue weighted by Crippen LogP contribution is 2.30. The average molecular weight is 299 g/mol. The number of carbonyl (C=O) groups is 2. The molecule has 0 saturated heterocycles. The molecule has 1 aromatic rings. The van der Waals surface area contributed by atoms with Crippen molar-refractivity contribution in [2.24, 2.45) is 0 Å². The summed E-state index contributed by atoms with van der Waals surface area (Å²) in [5.41, 5.74) is 1.52. The van der Waals surface area contributed by atoms with E-state index >= 15 is 0 Å². The van der Waals surface area contributed by atoms with Crippen molar-refractivity contribution in [1.29, 1.82) is 0 Å². The van der Waals surface area contributed by atoms with Gasteiger partial charge in [0.15, 0.2) is 6.10 Å². The molecule has 0 saturated carbocycles. The van der Waals surface area contributed by atoms with Gasteiger partial charge in [0.05, 0.1) is 5.69 Å². The Kier molecular flexibility index (Phi) is 3.33. The fourth-order valence-electron chi connectivity index (χ4n) is 1.54. The summed E-state index contributed by atoms with van der Waals surface area (Å²) in [6, 6.07) is 5.40. The average Bonchev–Trinajstić information content (AvgIpc) is 2.28. The number of amides is 2. The van der Waals surface area contributed by atoms with Crippen LogP contribution in [-0.2, 0) is 11.3 Å². The fraction of sp³-hybridized carbons (Fsp3) is 0.273. The maximum atomic E-state index is 11.4. The summed E-state index contributed by atoms with van der Waals surface area (Å²) in [4.78, 5) is 21.9. The van der Waals surface area contributed by atoms with Gasteiger partial charge in [0.1, 0.15) is 5.75 Å². The Morgan fingerprint density at radius 3 is 3.06 bits per heavy atom. The summed E-state index contributed by atoms with van der Waals surface area (Å²) in [5.74, 6) is 0.477. The van der Waals surface area contributed by atoms with E-state index in [9.17, 15) is 9.59 Å². The minimum absolute atomic E-state index is 0.167. The van der Waals surface area contributed by atoms with E-state index in [0.717, 1.165) is 5.56 Å². The van der Waals surface area contributed by atoms with Crippen LogP contribution in [0.3, 0.4) is 0 Å². The number of ether oxygens (including phenoxy) is 1. The number of benzene rings is 1. The third kappa shape index (κ3) is 2.76. The molecule has 1 atom stereocenters. The van der Waals surface area contributed by atoms with E-state index in [1.165, 1.54) is 0 Å². The standard InChI is InChI=1S/C11H11BrN2O3/c1-6-10(15)14-8-4-7(5-13-11(12)16)2-3-9(8)17-6/h2-4,6H,5H2,1H3,(H,13,16)(H,14,15). The lowest BCUT2D eigenvalue weighted by molar-refractivity contribution is -0.122. The molecule has 6 heteroatoms. The van der Waals surface area contributed by atoms with Crippen molar-refractivity contribution < 1.29 is 14.3 Å². The van der Waals surface area contributed by atoms with Gasteiger partial charge in [0.2, 0.25) is 0 Å². The van der Waals surface area contributed by atoms with Crippen molar-refractivity contribution in [3.05, 3.63) is 23.8 Å². The predicted molar refractivity (Wildman–Crippen MR) is 66.3 cm³/mol. The van der Waals surface area contributed by atoms with Gasteiger partial charge in [-0.15, -0.1) is 0 Å². The lowest BCUT2D eigenvalue weighted by Gasteiger charge is -2.23. The summed E-state index contributed by atoms with van der Waals surface area (Å²) >= 11 is 2.78. The molecule has 0 aliphatic carbocycles. The van der Waals surface area contributed by atoms with Crippen LogP contribution in [0.5, 0.6) is 5.75 Å². The van der Waals surface area contributed by atoms with Gasteiger partial charge >= 0.3 is 0 Å². The maximum absolute atomic E-state index is 11.4. The van der Waals surface area contributed by atoms with Crippen LogP contribution in [0.25, 0.3) is 0 Å². The number of halogens is 1. The first-order valence-corrected chi connectivity index (χ1v) is 5.89. The molecule has 90 valence electrons. The molecule has 0 spiro atoms. The van der Waals surface area contributed by atoms with Crippen LogP contribution in [0.4, 0.5) is 10.5 Å². The van der Waals surface area contributed by atoms with E-state index in [0.29, 0.717) is 18.0 Å². The van der Waals surface area contributed by atoms with Gasteiger partial charge in [-0.05, 0) is 24.6 Å². The van der Waals surface area contributed by atoms with Crippen LogP contribution < -0.4 is 15.4 Å². The van der Waals surface area contributed by atoms with Gasteiger partial charge < -0.3 is 15.4 Å². The van der Waals surface area contributed by atoms with Crippen LogP contribution in [0.15, 0.2) is 18.2 Å². The first-order valence-electron chi connectivity index (χ1n) is 5.10. The highest BCUT2D eigenvalue weighted by Gasteiger charge is 2.23. The van der Waals surface area contributed by atoms with Gasteiger partial charge in [-0.3, -0.25) is 9.59 Å². The Morgan fingerprint density at radius 1 is 1.59 bits per heavy atom. The molecule has 1 aliphatic rings. The Hall–Kier alpha value is -1.56. The van der Waals surface area contributed by atoms with Gasteiger partial charge in [0.25, 0.3) is 10.7 Å². The van der Waals surface area contributed by atoms with Crippen molar-refractivity contribution in [2.75, 3.05) is 5.32 Å². The number of carbonyl (C=O) groups excluding carboxylic acids is 2. The van der Waals surface area contributed by atoms with E-state index in [1.54, 1.807) is 19.1 Å². The number of anilines is 1. The van der Waals surface area contributed by atoms with Crippen molar-refractivity contribution in [2.45, 2.75) is 19.6 Å². The molecular weight excluding hydrogens is 288 g/mol. The number of fused-ring (bicyclic) bond motifs is 1. The highest BCUT2D eigenvalue weighted by atomic mass is 79.9. The molecule has 1 heterocycles. The Labute approximate surface area is 107 Å². The molecule has 0 bridgehead atoms. The highest BCUT2D eigenvalue weighted by molar-refractivity contribution is 9.18. The minimum atomic E-state index is -0.476. The number of hydrogen-bond acceptors (Lipinski definition) is 3. The smallest absolute Gasteiger partial charge is 0.287 e. The van der Waals surface area contributed by atoms with Crippen LogP contribution in [0, 0.1) is 0 Å². The summed E-state index contributed by atoms with van der Waals surface area (Å²) in [5, 5.41) is 5.36. The maximum Gasteiger partial charge on any atom is 0.287 e. The molecule has 1 aliphatic heterocycles. The largest absolute Gasteiger partial charge is 0.479 e. The molecule has 2 rings (SSSR count). The third-order valence-electron chi connectivity index (χ3n) is 2.41. The van der Waals surface area contributed by atoms with Gasteiger partial charge in [0, 0.05) is 22.5 Å². The van der Waals surface area contributed by atoms with E-state index < -0.39 is 6.10 Å². The number of hydrogen-bond donors (Lipinski definition) is 2. The lowest BCUT2D eigenvalue weighted by atomic mass is 10.1. The summed E-state index contributed by atoms with van der Waals surface area (Å²) in [6.07, 6.45) is -0.476. The lowest BCUT2D eigenvalue weighted by Crippen LogP contribution is -2.34. The molecule has 2 N–H and O–H groups in total. The second-order valence-electron chi connectivity index (χ2n) is 3.71. The van der Waals surface area contributed by atoms with Crippen molar-refractivity contribution in [1.82, 2.24) is 5.32 Å². The number of nitrogens with one attached hydrogen (secondary N) is 2. The summed E-state index contributed by atoms with van der Waals surface area (Å²) in [6.45, 7) is 2.08. The van der Waals surface area contributed by atoms with Gasteiger partial charge in [-0.1, -0.05) is 6.07 Å². The zero-order chi connectivity index (χ0) is 12.4. The molecule has 17 heavy (non-hydrogen) atoms. The first-order chi connectivity index (χ1) is 8.06. The molecule has 0 radical (unpaired) electrons. The zero-order valence-electron chi connectivity index (χ0n) is 9.12. The molecule has 1 aromatic carbocycles. The summed E-state index contributed by atoms with van der Waals surface area (Å²) < 4.78 is 5.42. The van der Waals surface area contributed by atoms with Crippen LogP contribution in [-0.4, -0.2) is 16.8 Å². The second kappa shape index (κ2) is 4.75. The predicted octanol–water partition coefficient (Wildman–Crippen LogP) is 2.01. The topological polar surface area (TPSA) is 67.4 Å². The monoisotopic (exact) mass is 298 g/mol. The SMILES string of the molecule is CC1Oc2ccc(CNC(=O)Br)cc2NC1=O. The van der Waals surface area contributed by atoms with Crippen LogP contribution in [0.2, 0.25) is 0 Å². The molecule has 0 aromatic heterocycles. The summed E-state index contributed by atoms with van der Waals surface area (Å²) in [7, 11) is 0. The molecule has 1 unspecified atom stereocenters. The normalized spacial score (nSPS) is 17.8. The van der Waals surface area contributed by atoms with E-state index in [2.05, 4.69) is 26.6 Å². The van der Waals surface area contributed by atoms with E-state index in [-0.39, 0.29) is 10.7 Å². The minimum Gasteiger partial charge on any atom is -0.479 e. The Bertz CT molecular complexity index is 476. The van der Waals surface area contributed by atoms with E-state index in [4.69, 9.17) is 4.74 Å². The van der Waals surface area contributed by atoms with Crippen molar-refractivity contribution >= 4 is 32.3 Å². The Morgan fingerprint density at radius 2 is 2.35 bits per heavy atom. The molecule has 0 fully saturated rings. The quantitative estimate of drug-likeness (QED) is 0.648. The molecule has 5 nitrogen and oxygen atoms in total. The van der Waals surface area contributed by atoms with Crippen molar-refractivity contribution in [3.8, 4) is 5.75 Å². The third-order valence-corrected chi connectivity index (χ3v) is 2.69. The molecule has 2 amide bonds. The van der Waals surface area contributed by atoms with Crippen LogP contribution >= 0.6 is 15.9 Å². The van der Waals surface area contributed by atoms with Gasteiger partial charge in [-0.25, -0.2) is 0 Å². The first kappa shape index (κ1) is 11.9. The van der Waals surface area contributed by atoms with E-state index in [1.807, 2.05) is 6.07 Å². The van der Waals surface area contributed by atoms with Gasteiger partial charge in [-0.2, -0.15) is 0 Å². The zero-order valence-corrected chi connectivity index (χ0v) is 10.7.